The van der Waals surface area contributed by atoms with Crippen molar-refractivity contribution in [2.45, 2.75) is 13.0 Å². The lowest BCUT2D eigenvalue weighted by Crippen LogP contribution is -2.30. The van der Waals surface area contributed by atoms with E-state index in [1.54, 1.807) is 17.4 Å². The Hall–Kier alpha value is -2.83. The van der Waals surface area contributed by atoms with Crippen LogP contribution in [0.3, 0.4) is 0 Å². The van der Waals surface area contributed by atoms with Gasteiger partial charge in [0.2, 0.25) is 0 Å². The SMILES string of the molecule is O=C1C(=Cc2ccc(Cl)cc2)SC(=Nc2ccccc2)N1CCCn1ccnc1. The first-order chi connectivity index (χ1) is 14.2. The molecule has 1 aliphatic rings. The first-order valence-corrected chi connectivity index (χ1v) is 10.4. The van der Waals surface area contributed by atoms with Crippen LogP contribution >= 0.6 is 23.4 Å². The molecular weight excluding hydrogens is 404 g/mol. The number of imidazole rings is 1. The van der Waals surface area contributed by atoms with Gasteiger partial charge in [0.15, 0.2) is 5.17 Å². The molecule has 1 saturated heterocycles. The average molecular weight is 423 g/mol. The van der Waals surface area contributed by atoms with Crippen molar-refractivity contribution in [2.75, 3.05) is 6.54 Å². The highest BCUT2D eigenvalue weighted by atomic mass is 35.5. The van der Waals surface area contributed by atoms with Crippen LogP contribution in [0.4, 0.5) is 5.69 Å². The van der Waals surface area contributed by atoms with Crippen LogP contribution in [-0.4, -0.2) is 32.1 Å². The molecule has 0 atom stereocenters. The van der Waals surface area contributed by atoms with Crippen molar-refractivity contribution >= 4 is 46.2 Å². The zero-order valence-electron chi connectivity index (χ0n) is 15.6. The number of thioether (sulfide) groups is 1. The van der Waals surface area contributed by atoms with Crippen molar-refractivity contribution in [1.82, 2.24) is 14.5 Å². The van der Waals surface area contributed by atoms with Crippen LogP contribution in [0.15, 0.2) is 83.2 Å². The number of hydrogen-bond acceptors (Lipinski definition) is 4. The number of aromatic nitrogens is 2. The smallest absolute Gasteiger partial charge is 0.266 e. The van der Waals surface area contributed by atoms with Crippen LogP contribution in [0, 0.1) is 0 Å². The summed E-state index contributed by atoms with van der Waals surface area (Å²) in [5.74, 6) is -0.0229. The van der Waals surface area contributed by atoms with E-state index in [-0.39, 0.29) is 5.91 Å². The van der Waals surface area contributed by atoms with E-state index in [9.17, 15) is 4.79 Å². The molecule has 0 radical (unpaired) electrons. The third-order valence-electron chi connectivity index (χ3n) is 4.39. The van der Waals surface area contributed by atoms with Crippen molar-refractivity contribution in [3.05, 3.63) is 88.8 Å². The number of carbonyl (C=O) groups is 1. The van der Waals surface area contributed by atoms with Crippen LogP contribution < -0.4 is 0 Å². The fourth-order valence-corrected chi connectivity index (χ4v) is 4.09. The molecular formula is C22H19ClN4OS. The molecule has 29 heavy (non-hydrogen) atoms. The van der Waals surface area contributed by atoms with Gasteiger partial charge in [-0.1, -0.05) is 41.9 Å². The Morgan fingerprint density at radius 2 is 1.86 bits per heavy atom. The van der Waals surface area contributed by atoms with E-state index in [1.165, 1.54) is 11.8 Å². The lowest BCUT2D eigenvalue weighted by atomic mass is 10.2. The minimum atomic E-state index is -0.0229. The summed E-state index contributed by atoms with van der Waals surface area (Å²) in [5.41, 5.74) is 1.76. The molecule has 0 N–H and O–H groups in total. The molecule has 0 aliphatic carbocycles. The van der Waals surface area contributed by atoms with E-state index in [0.29, 0.717) is 21.6 Å². The summed E-state index contributed by atoms with van der Waals surface area (Å²) in [5, 5.41) is 1.37. The predicted molar refractivity (Wildman–Crippen MR) is 119 cm³/mol. The van der Waals surface area contributed by atoms with E-state index in [2.05, 4.69) is 4.98 Å². The highest BCUT2D eigenvalue weighted by Gasteiger charge is 2.33. The molecule has 7 heteroatoms. The van der Waals surface area contributed by atoms with Crippen LogP contribution in [0.1, 0.15) is 12.0 Å². The zero-order valence-corrected chi connectivity index (χ0v) is 17.2. The zero-order chi connectivity index (χ0) is 20.1. The average Bonchev–Trinajstić information content (AvgIpc) is 3.34. The maximum atomic E-state index is 13.1. The number of aliphatic imine (C=N–C) groups is 1. The topological polar surface area (TPSA) is 50.5 Å². The van der Waals surface area contributed by atoms with Gasteiger partial charge in [-0.15, -0.1) is 0 Å². The summed E-state index contributed by atoms with van der Waals surface area (Å²) in [6, 6.07) is 17.1. The van der Waals surface area contributed by atoms with Crippen molar-refractivity contribution in [3.63, 3.8) is 0 Å². The Labute approximate surface area is 178 Å². The third-order valence-corrected chi connectivity index (χ3v) is 5.65. The summed E-state index contributed by atoms with van der Waals surface area (Å²) in [6.07, 6.45) is 8.16. The van der Waals surface area contributed by atoms with Gasteiger partial charge in [0, 0.05) is 30.5 Å². The molecule has 0 saturated carbocycles. The van der Waals surface area contributed by atoms with Gasteiger partial charge in [-0.25, -0.2) is 9.98 Å². The Bertz CT molecular complexity index is 1030. The number of nitrogens with zero attached hydrogens (tertiary/aromatic N) is 4. The van der Waals surface area contributed by atoms with Gasteiger partial charge in [0.25, 0.3) is 5.91 Å². The predicted octanol–water partition coefficient (Wildman–Crippen LogP) is 5.23. The Balaban J connectivity index is 1.57. The van der Waals surface area contributed by atoms with Gasteiger partial charge in [-0.2, -0.15) is 0 Å². The molecule has 1 fully saturated rings. The maximum absolute atomic E-state index is 13.1. The Morgan fingerprint density at radius 3 is 2.59 bits per heavy atom. The lowest BCUT2D eigenvalue weighted by molar-refractivity contribution is -0.122. The van der Waals surface area contributed by atoms with Gasteiger partial charge >= 0.3 is 0 Å². The van der Waals surface area contributed by atoms with E-state index >= 15 is 0 Å². The number of carbonyl (C=O) groups excluding carboxylic acids is 1. The molecule has 2 aromatic carbocycles. The number of benzene rings is 2. The molecule has 0 unspecified atom stereocenters. The largest absolute Gasteiger partial charge is 0.337 e. The van der Waals surface area contributed by atoms with Crippen LogP contribution in [-0.2, 0) is 11.3 Å². The quantitative estimate of drug-likeness (QED) is 0.511. The normalized spacial score (nSPS) is 16.9. The standard InChI is InChI=1S/C22H19ClN4OS/c23-18-9-7-17(8-10-18)15-20-21(28)27(13-4-12-26-14-11-24-16-26)22(29-20)25-19-5-2-1-3-6-19/h1-3,5-11,14-16H,4,12-13H2. The fourth-order valence-electron chi connectivity index (χ4n) is 2.94. The Kier molecular flexibility index (Phi) is 6.12. The molecule has 2 heterocycles. The summed E-state index contributed by atoms with van der Waals surface area (Å²) < 4.78 is 2.01. The number of amidine groups is 1. The second kappa shape index (κ2) is 9.11. The molecule has 1 aliphatic heterocycles. The third kappa shape index (κ3) is 4.96. The highest BCUT2D eigenvalue weighted by Crippen LogP contribution is 2.34. The second-order valence-electron chi connectivity index (χ2n) is 6.50. The first kappa shape index (κ1) is 19.5. The second-order valence-corrected chi connectivity index (χ2v) is 7.95. The number of hydrogen-bond donors (Lipinski definition) is 0. The summed E-state index contributed by atoms with van der Waals surface area (Å²) in [7, 11) is 0. The summed E-state index contributed by atoms with van der Waals surface area (Å²) in [4.78, 5) is 24.3. The van der Waals surface area contributed by atoms with Gasteiger partial charge in [0.05, 0.1) is 16.9 Å². The van der Waals surface area contributed by atoms with E-state index < -0.39 is 0 Å². The van der Waals surface area contributed by atoms with E-state index in [1.807, 2.05) is 71.4 Å². The van der Waals surface area contributed by atoms with Crippen molar-refractivity contribution < 1.29 is 4.79 Å². The van der Waals surface area contributed by atoms with Gasteiger partial charge in [-0.3, -0.25) is 9.69 Å². The molecule has 0 spiro atoms. The first-order valence-electron chi connectivity index (χ1n) is 9.25. The monoisotopic (exact) mass is 422 g/mol. The number of amides is 1. The summed E-state index contributed by atoms with van der Waals surface area (Å²) in [6.45, 7) is 1.39. The molecule has 5 nitrogen and oxygen atoms in total. The van der Waals surface area contributed by atoms with Gasteiger partial charge < -0.3 is 4.57 Å². The molecule has 3 aromatic rings. The minimum absolute atomic E-state index is 0.0229. The van der Waals surface area contributed by atoms with Crippen LogP contribution in [0.5, 0.6) is 0 Å². The minimum Gasteiger partial charge on any atom is -0.337 e. The molecule has 1 aromatic heterocycles. The van der Waals surface area contributed by atoms with Gasteiger partial charge in [0.1, 0.15) is 0 Å². The number of rotatable bonds is 6. The number of aryl methyl sites for hydroxylation is 1. The van der Waals surface area contributed by atoms with Crippen molar-refractivity contribution in [1.29, 1.82) is 0 Å². The maximum Gasteiger partial charge on any atom is 0.266 e. The molecule has 1 amide bonds. The van der Waals surface area contributed by atoms with Gasteiger partial charge in [-0.05, 0) is 54.1 Å². The highest BCUT2D eigenvalue weighted by molar-refractivity contribution is 8.18. The van der Waals surface area contributed by atoms with Crippen molar-refractivity contribution in [2.24, 2.45) is 4.99 Å². The summed E-state index contributed by atoms with van der Waals surface area (Å²) >= 11 is 7.37. The Morgan fingerprint density at radius 1 is 1.07 bits per heavy atom. The van der Waals surface area contributed by atoms with E-state index in [4.69, 9.17) is 16.6 Å². The number of para-hydroxylation sites is 1. The molecule has 146 valence electrons. The number of halogens is 1. The van der Waals surface area contributed by atoms with Crippen molar-refractivity contribution in [3.8, 4) is 0 Å². The molecule has 0 bridgehead atoms. The fraction of sp³-hybridized carbons (Fsp3) is 0.136. The van der Waals surface area contributed by atoms with E-state index in [0.717, 1.165) is 24.2 Å². The molecule has 4 rings (SSSR count). The lowest BCUT2D eigenvalue weighted by Gasteiger charge is -2.15. The van der Waals surface area contributed by atoms with Crippen LogP contribution in [0.2, 0.25) is 5.02 Å². The van der Waals surface area contributed by atoms with Crippen LogP contribution in [0.25, 0.3) is 6.08 Å².